The van der Waals surface area contributed by atoms with Gasteiger partial charge in [0.15, 0.2) is 5.11 Å². The summed E-state index contributed by atoms with van der Waals surface area (Å²) in [4.78, 5) is 13.2. The normalized spacial score (nSPS) is 11.2. The van der Waals surface area contributed by atoms with Gasteiger partial charge >= 0.3 is 0 Å². The lowest BCUT2D eigenvalue weighted by molar-refractivity contribution is 0.208. The molecule has 0 saturated carbocycles. The van der Waals surface area contributed by atoms with Crippen LogP contribution in [0, 0.1) is 20.8 Å². The second-order valence-electron chi connectivity index (χ2n) is 5.72. The van der Waals surface area contributed by atoms with Gasteiger partial charge in [0.1, 0.15) is 0 Å². The molecule has 0 saturated heterocycles. The molecule has 2 rings (SSSR count). The van der Waals surface area contributed by atoms with E-state index in [4.69, 9.17) is 17.0 Å². The molecule has 138 valence electrons. The fraction of sp³-hybridized carbons (Fsp3) is 0.333. The number of benzene rings is 1. The van der Waals surface area contributed by atoms with Crippen LogP contribution in [0.3, 0.4) is 0 Å². The summed E-state index contributed by atoms with van der Waals surface area (Å²) in [5.41, 5.74) is 3.78. The number of rotatable bonds is 5. The zero-order valence-electron chi connectivity index (χ0n) is 15.5. The Kier molecular flexibility index (Phi) is 7.43. The number of hydrogen-bond donors (Lipinski definition) is 3. The molecule has 0 atom stereocenters. The Bertz CT molecular complexity index is 773. The van der Waals surface area contributed by atoms with Crippen molar-refractivity contribution in [3.05, 3.63) is 47.3 Å². The highest BCUT2D eigenvalue weighted by Gasteiger charge is 2.07. The molecule has 0 radical (unpaired) electrons. The molecule has 0 amide bonds. The molecule has 0 aliphatic carbocycles. The Morgan fingerprint density at radius 1 is 1.12 bits per heavy atom. The van der Waals surface area contributed by atoms with Crippen LogP contribution in [0.5, 0.6) is 0 Å². The predicted octanol–water partition coefficient (Wildman–Crippen LogP) is 2.80. The zero-order chi connectivity index (χ0) is 18.9. The average molecular weight is 372 g/mol. The third-order valence-corrected chi connectivity index (χ3v) is 3.61. The van der Waals surface area contributed by atoms with Crippen LogP contribution in [0.15, 0.2) is 35.3 Å². The maximum atomic E-state index is 5.40. The van der Waals surface area contributed by atoms with Crippen LogP contribution in [0.25, 0.3) is 0 Å². The monoisotopic (exact) mass is 372 g/mol. The van der Waals surface area contributed by atoms with Gasteiger partial charge in [0.25, 0.3) is 0 Å². The molecule has 7 nitrogen and oxygen atoms in total. The first-order chi connectivity index (χ1) is 12.5. The van der Waals surface area contributed by atoms with Gasteiger partial charge in [-0.3, -0.25) is 10.3 Å². The molecule has 3 N–H and O–H groups in total. The smallest absolute Gasteiger partial charge is 0.229 e. The van der Waals surface area contributed by atoms with E-state index in [1.807, 2.05) is 51.1 Å². The van der Waals surface area contributed by atoms with E-state index in [1.54, 1.807) is 7.11 Å². The summed E-state index contributed by atoms with van der Waals surface area (Å²) >= 11 is 5.40. The maximum Gasteiger partial charge on any atom is 0.229 e. The summed E-state index contributed by atoms with van der Waals surface area (Å²) in [6.45, 7) is 6.82. The van der Waals surface area contributed by atoms with E-state index in [0.717, 1.165) is 22.6 Å². The van der Waals surface area contributed by atoms with Gasteiger partial charge in [-0.15, -0.1) is 0 Å². The van der Waals surface area contributed by atoms with Crippen LogP contribution in [0.4, 0.5) is 11.6 Å². The molecule has 0 aliphatic rings. The third-order valence-electron chi connectivity index (χ3n) is 3.40. The van der Waals surface area contributed by atoms with E-state index in [2.05, 4.69) is 30.9 Å². The molecule has 0 unspecified atom stereocenters. The summed E-state index contributed by atoms with van der Waals surface area (Å²) in [5.74, 6) is 0.919. The van der Waals surface area contributed by atoms with Gasteiger partial charge in [-0.1, -0.05) is 18.2 Å². The number of aromatic nitrogens is 2. The number of hydrogen-bond acceptors (Lipinski definition) is 5. The second kappa shape index (κ2) is 9.79. The fourth-order valence-electron chi connectivity index (χ4n) is 2.22. The van der Waals surface area contributed by atoms with Crippen LogP contribution in [-0.4, -0.2) is 41.3 Å². The first kappa shape index (κ1) is 19.7. The van der Waals surface area contributed by atoms with E-state index in [9.17, 15) is 0 Å². The Morgan fingerprint density at radius 2 is 1.81 bits per heavy atom. The number of aliphatic imine (C=N–C) groups is 1. The maximum absolute atomic E-state index is 5.40. The lowest BCUT2D eigenvalue weighted by atomic mass is 10.2. The summed E-state index contributed by atoms with van der Waals surface area (Å²) in [6, 6.07) is 9.82. The van der Waals surface area contributed by atoms with Crippen molar-refractivity contribution in [2.24, 2.45) is 4.99 Å². The van der Waals surface area contributed by atoms with Crippen LogP contribution >= 0.6 is 12.2 Å². The van der Waals surface area contributed by atoms with E-state index in [0.29, 0.717) is 30.2 Å². The molecule has 0 fully saturated rings. The van der Waals surface area contributed by atoms with Crippen LogP contribution < -0.4 is 16.0 Å². The predicted molar refractivity (Wildman–Crippen MR) is 110 cm³/mol. The summed E-state index contributed by atoms with van der Waals surface area (Å²) in [5, 5.41) is 9.74. The minimum Gasteiger partial charge on any atom is -0.383 e. The van der Waals surface area contributed by atoms with Crippen molar-refractivity contribution in [1.82, 2.24) is 15.3 Å². The van der Waals surface area contributed by atoms with Gasteiger partial charge in [0, 0.05) is 24.2 Å². The molecule has 0 spiro atoms. The number of nitrogens with zero attached hydrogens (tertiary/aromatic N) is 3. The minimum atomic E-state index is 0.423. The number of nitrogens with one attached hydrogen (secondary N) is 3. The lowest BCUT2D eigenvalue weighted by Crippen LogP contribution is -2.39. The van der Waals surface area contributed by atoms with E-state index in [-0.39, 0.29) is 0 Å². The number of ether oxygens (including phenoxy) is 1. The molecule has 1 aromatic heterocycles. The van der Waals surface area contributed by atoms with E-state index in [1.165, 1.54) is 0 Å². The highest BCUT2D eigenvalue weighted by molar-refractivity contribution is 7.80. The van der Waals surface area contributed by atoms with Crippen LogP contribution in [0.1, 0.15) is 17.0 Å². The Balaban J connectivity index is 2.10. The van der Waals surface area contributed by atoms with E-state index >= 15 is 0 Å². The number of methoxy groups -OCH3 is 1. The van der Waals surface area contributed by atoms with Crippen LogP contribution in [-0.2, 0) is 4.74 Å². The van der Waals surface area contributed by atoms with Crippen molar-refractivity contribution < 1.29 is 4.74 Å². The molecule has 0 bridgehead atoms. The fourth-order valence-corrected chi connectivity index (χ4v) is 2.43. The van der Waals surface area contributed by atoms with Crippen molar-refractivity contribution in [3.63, 3.8) is 0 Å². The van der Waals surface area contributed by atoms with Gasteiger partial charge in [-0.05, 0) is 50.7 Å². The van der Waals surface area contributed by atoms with Gasteiger partial charge in [-0.2, -0.15) is 0 Å². The van der Waals surface area contributed by atoms with Crippen molar-refractivity contribution in [2.45, 2.75) is 20.8 Å². The Morgan fingerprint density at radius 3 is 2.46 bits per heavy atom. The molecule has 1 aromatic carbocycles. The average Bonchev–Trinajstić information content (AvgIpc) is 2.56. The van der Waals surface area contributed by atoms with Crippen molar-refractivity contribution in [3.8, 4) is 0 Å². The summed E-state index contributed by atoms with van der Waals surface area (Å²) in [7, 11) is 1.63. The molecule has 0 aliphatic heterocycles. The van der Waals surface area contributed by atoms with E-state index < -0.39 is 0 Å². The number of anilines is 2. The highest BCUT2D eigenvalue weighted by Crippen LogP contribution is 2.12. The highest BCUT2D eigenvalue weighted by atomic mass is 32.1. The van der Waals surface area contributed by atoms with Crippen molar-refractivity contribution in [1.29, 1.82) is 0 Å². The van der Waals surface area contributed by atoms with Gasteiger partial charge in [0.2, 0.25) is 11.9 Å². The second-order valence-corrected chi connectivity index (χ2v) is 6.12. The number of thiocarbonyl (C=S) groups is 1. The first-order valence-corrected chi connectivity index (χ1v) is 8.65. The molecule has 1 heterocycles. The Hall–Kier alpha value is -2.58. The standard InChI is InChI=1S/C18H24N6OS/c1-12-7-5-6-8-15(12)22-18(26)24-16(19-9-10-25-4)23-17-20-13(2)11-14(3)21-17/h5-8,11H,9-10H2,1-4H3,(H3,19,20,21,22,23,24,26). The molecular formula is C18H24N6OS. The topological polar surface area (TPSA) is 83.5 Å². The van der Waals surface area contributed by atoms with Gasteiger partial charge in [0.05, 0.1) is 13.2 Å². The molecule has 2 aromatic rings. The minimum absolute atomic E-state index is 0.423. The molecule has 26 heavy (non-hydrogen) atoms. The summed E-state index contributed by atoms with van der Waals surface area (Å²) < 4.78 is 5.05. The van der Waals surface area contributed by atoms with Crippen molar-refractivity contribution >= 4 is 34.9 Å². The third kappa shape index (κ3) is 6.38. The van der Waals surface area contributed by atoms with Crippen LogP contribution in [0.2, 0.25) is 0 Å². The number of para-hydroxylation sites is 1. The van der Waals surface area contributed by atoms with Gasteiger partial charge in [-0.25, -0.2) is 9.97 Å². The first-order valence-electron chi connectivity index (χ1n) is 8.24. The summed E-state index contributed by atoms with van der Waals surface area (Å²) in [6.07, 6.45) is 0. The molecular weight excluding hydrogens is 348 g/mol. The molecule has 8 heteroatoms. The Labute approximate surface area is 159 Å². The number of guanidine groups is 1. The van der Waals surface area contributed by atoms with Crippen molar-refractivity contribution in [2.75, 3.05) is 30.9 Å². The number of aryl methyl sites for hydroxylation is 3. The SMILES string of the molecule is COCCN=C(NC(=S)Nc1ccccc1C)Nc1nc(C)cc(C)n1. The quantitative estimate of drug-likeness (QED) is 0.322. The largest absolute Gasteiger partial charge is 0.383 e. The van der Waals surface area contributed by atoms with Gasteiger partial charge < -0.3 is 15.4 Å². The lowest BCUT2D eigenvalue weighted by Gasteiger charge is -2.15. The zero-order valence-corrected chi connectivity index (χ0v) is 16.3.